The number of fused-ring (bicyclic) bond motifs is 2. The van der Waals surface area contributed by atoms with Crippen LogP contribution in [0.4, 0.5) is 0 Å². The number of ether oxygens (including phenoxy) is 3. The van der Waals surface area contributed by atoms with E-state index in [0.717, 1.165) is 178 Å². The second-order valence-corrected chi connectivity index (χ2v) is 17.4. The quantitative estimate of drug-likeness (QED) is 0.0982. The molecule has 344 valence electrons. The van der Waals surface area contributed by atoms with Crippen molar-refractivity contribution < 1.29 is 23.3 Å². The van der Waals surface area contributed by atoms with Crippen LogP contribution in [0.2, 0.25) is 0 Å². The molecule has 4 aromatic heterocycles. The van der Waals surface area contributed by atoms with Crippen LogP contribution in [-0.2, 0) is 48.2 Å². The van der Waals surface area contributed by atoms with Crippen LogP contribution in [0.25, 0.3) is 44.3 Å². The zero-order valence-electron chi connectivity index (χ0n) is 39.1. The summed E-state index contributed by atoms with van der Waals surface area (Å²) in [6.45, 7) is 19.0. The lowest BCUT2D eigenvalue weighted by Gasteiger charge is -2.27. The van der Waals surface area contributed by atoms with Gasteiger partial charge in [-0.3, -0.25) is 9.80 Å². The fourth-order valence-electron chi connectivity index (χ4n) is 9.42. The largest absolute Gasteiger partial charge is 0.497 e. The molecule has 0 atom stereocenters. The molecule has 13 nitrogen and oxygen atoms in total. The molecular weight excluding hydrogens is 829 g/mol. The summed E-state index contributed by atoms with van der Waals surface area (Å²) in [4.78, 5) is 15.1. The Morgan fingerprint density at radius 3 is 1.39 bits per heavy atom. The van der Waals surface area contributed by atoms with Gasteiger partial charge in [-0.15, -0.1) is 0 Å². The van der Waals surface area contributed by atoms with Crippen LogP contribution >= 0.6 is 0 Å². The van der Waals surface area contributed by atoms with E-state index in [2.05, 4.69) is 108 Å². The maximum atomic E-state index is 5.52. The number of nitrogens with zero attached hydrogens (tertiary/aromatic N) is 8. The van der Waals surface area contributed by atoms with Crippen molar-refractivity contribution in [1.29, 1.82) is 0 Å². The van der Waals surface area contributed by atoms with E-state index in [4.69, 9.17) is 33.2 Å². The third kappa shape index (κ3) is 10.4. The van der Waals surface area contributed by atoms with Gasteiger partial charge in [-0.05, 0) is 99.2 Å². The Kier molecular flexibility index (Phi) is 14.3. The molecule has 0 spiro atoms. The maximum absolute atomic E-state index is 5.52. The third-order valence-corrected chi connectivity index (χ3v) is 13.1. The van der Waals surface area contributed by atoms with Crippen molar-refractivity contribution in [1.82, 2.24) is 39.2 Å². The van der Waals surface area contributed by atoms with Crippen LogP contribution in [-0.4, -0.2) is 112 Å². The van der Waals surface area contributed by atoms with Crippen LogP contribution in [0, 0.1) is 27.7 Å². The van der Waals surface area contributed by atoms with Crippen LogP contribution in [0.15, 0.2) is 100 Å². The molecule has 0 radical (unpaired) electrons. The number of rotatable bonds is 15. The van der Waals surface area contributed by atoms with Crippen molar-refractivity contribution in [2.24, 2.45) is 0 Å². The Morgan fingerprint density at radius 2 is 0.970 bits per heavy atom. The predicted molar refractivity (Wildman–Crippen MR) is 258 cm³/mol. The van der Waals surface area contributed by atoms with Crippen molar-refractivity contribution in [3.8, 4) is 28.0 Å². The van der Waals surface area contributed by atoms with E-state index in [-0.39, 0.29) is 0 Å². The number of imidazole rings is 2. The van der Waals surface area contributed by atoms with Gasteiger partial charge in [-0.1, -0.05) is 64.9 Å². The van der Waals surface area contributed by atoms with Gasteiger partial charge in [0.25, 0.3) is 0 Å². The monoisotopic (exact) mass is 890 g/mol. The number of morpholine rings is 2. The standard InChI is InChI=1S/C27H32N4O3.C26H30N4O2/c1-19-27(20(2)34-29-19)22-7-10-25-24(18-22)28-26(11-6-21-4-8-23(32-3)9-5-21)31(25)13-12-30-14-16-33-17-15-30;1-19-26(20(2)32-28-19)22-9-10-24-23(18-22)27-25(11-8-21-6-4-3-5-7-21)30(24)13-12-29-14-16-31-17-15-29/h4-5,7-10,18H,6,11-17H2,1-3H3;3-7,9-10,18H,8,11-17H2,1-2H3. The molecule has 2 saturated heterocycles. The van der Waals surface area contributed by atoms with Gasteiger partial charge in [0.15, 0.2) is 0 Å². The average Bonchev–Trinajstić information content (AvgIpc) is 4.10. The van der Waals surface area contributed by atoms with Gasteiger partial charge in [0.05, 0.1) is 67.0 Å². The van der Waals surface area contributed by atoms with Gasteiger partial charge in [-0.2, -0.15) is 0 Å². The molecule has 6 heterocycles. The first-order valence-corrected chi connectivity index (χ1v) is 23.4. The fraction of sp³-hybridized carbons (Fsp3) is 0.396. The highest BCUT2D eigenvalue weighted by molar-refractivity contribution is 5.84. The molecule has 10 rings (SSSR count). The molecule has 2 aliphatic heterocycles. The molecule has 0 N–H and O–H groups in total. The number of aromatic nitrogens is 6. The molecular formula is C53H62N8O5. The lowest BCUT2D eigenvalue weighted by Crippen LogP contribution is -2.38. The number of hydrogen-bond donors (Lipinski definition) is 0. The highest BCUT2D eigenvalue weighted by Crippen LogP contribution is 2.32. The normalized spacial score (nSPS) is 14.8. The SMILES string of the molecule is COc1ccc(CCc2nc3cc(-c4c(C)noc4C)ccc3n2CCN2CCOCC2)cc1.Cc1noc(C)c1-c1ccc2c(c1)nc(CCc1ccccc1)n2CCN1CCOCC1. The maximum Gasteiger partial charge on any atom is 0.141 e. The van der Waals surface area contributed by atoms with Gasteiger partial charge in [-0.25, -0.2) is 9.97 Å². The molecule has 2 fully saturated rings. The minimum absolute atomic E-state index is 0.815. The van der Waals surface area contributed by atoms with Crippen molar-refractivity contribution in [3.63, 3.8) is 0 Å². The van der Waals surface area contributed by atoms with E-state index in [0.29, 0.717) is 0 Å². The molecule has 13 heteroatoms. The van der Waals surface area contributed by atoms with Crippen LogP contribution in [0.5, 0.6) is 5.75 Å². The van der Waals surface area contributed by atoms with Gasteiger partial charge in [0, 0.05) is 76.3 Å². The van der Waals surface area contributed by atoms with Gasteiger partial charge >= 0.3 is 0 Å². The van der Waals surface area contributed by atoms with Crippen LogP contribution in [0.3, 0.4) is 0 Å². The minimum Gasteiger partial charge on any atom is -0.497 e. The third-order valence-electron chi connectivity index (χ3n) is 13.1. The molecule has 2 aliphatic rings. The summed E-state index contributed by atoms with van der Waals surface area (Å²) in [7, 11) is 1.70. The molecule has 4 aromatic carbocycles. The molecule has 0 bridgehead atoms. The van der Waals surface area contributed by atoms with Gasteiger partial charge in [0.2, 0.25) is 0 Å². The molecule has 66 heavy (non-hydrogen) atoms. The lowest BCUT2D eigenvalue weighted by atomic mass is 10.0. The fourth-order valence-corrected chi connectivity index (χ4v) is 9.42. The van der Waals surface area contributed by atoms with Crippen molar-refractivity contribution in [2.75, 3.05) is 72.8 Å². The number of hydrogen-bond acceptors (Lipinski definition) is 11. The smallest absolute Gasteiger partial charge is 0.141 e. The summed E-state index contributed by atoms with van der Waals surface area (Å²) in [5.74, 6) is 4.83. The first-order chi connectivity index (χ1) is 32.3. The Morgan fingerprint density at radius 1 is 0.515 bits per heavy atom. The first-order valence-electron chi connectivity index (χ1n) is 23.4. The first kappa shape index (κ1) is 45.1. The summed E-state index contributed by atoms with van der Waals surface area (Å²) in [6.07, 6.45) is 3.72. The summed E-state index contributed by atoms with van der Waals surface area (Å²) >= 11 is 0. The van der Waals surface area contributed by atoms with Crippen LogP contribution < -0.4 is 4.74 Å². The van der Waals surface area contributed by atoms with E-state index in [1.165, 1.54) is 22.2 Å². The van der Waals surface area contributed by atoms with Crippen molar-refractivity contribution in [2.45, 2.75) is 66.5 Å². The summed E-state index contributed by atoms with van der Waals surface area (Å²) in [6, 6.07) is 32.0. The lowest BCUT2D eigenvalue weighted by molar-refractivity contribution is 0.0364. The Hall–Kier alpha value is -6.12. The van der Waals surface area contributed by atoms with Crippen molar-refractivity contribution >= 4 is 22.1 Å². The molecule has 0 amide bonds. The van der Waals surface area contributed by atoms with Gasteiger partial charge < -0.3 is 32.4 Å². The predicted octanol–water partition coefficient (Wildman–Crippen LogP) is 8.86. The van der Waals surface area contributed by atoms with E-state index in [1.54, 1.807) is 7.11 Å². The topological polar surface area (TPSA) is 122 Å². The summed E-state index contributed by atoms with van der Waals surface area (Å²) < 4.78 is 31.9. The van der Waals surface area contributed by atoms with Crippen LogP contribution in [0.1, 0.15) is 45.7 Å². The Bertz CT molecular complexity index is 2790. The van der Waals surface area contributed by atoms with Gasteiger partial charge in [0.1, 0.15) is 28.9 Å². The highest BCUT2D eigenvalue weighted by Gasteiger charge is 2.20. The summed E-state index contributed by atoms with van der Waals surface area (Å²) in [5, 5.41) is 8.25. The van der Waals surface area contributed by atoms with E-state index in [9.17, 15) is 0 Å². The second kappa shape index (κ2) is 21.0. The number of benzene rings is 4. The van der Waals surface area contributed by atoms with Crippen molar-refractivity contribution in [3.05, 3.63) is 137 Å². The molecule has 0 unspecified atom stereocenters. The average molecular weight is 891 g/mol. The summed E-state index contributed by atoms with van der Waals surface area (Å²) in [5.41, 5.74) is 13.2. The number of methoxy groups -OCH3 is 1. The number of aryl methyl sites for hydroxylation is 8. The molecule has 0 saturated carbocycles. The molecule has 0 aliphatic carbocycles. The van der Waals surface area contributed by atoms with E-state index in [1.807, 2.05) is 39.8 Å². The Labute approximate surface area is 387 Å². The van der Waals surface area contributed by atoms with E-state index < -0.39 is 0 Å². The second-order valence-electron chi connectivity index (χ2n) is 17.4. The minimum atomic E-state index is 0.815. The zero-order valence-corrected chi connectivity index (χ0v) is 39.1. The Balaban J connectivity index is 0.000000166. The molecule has 8 aromatic rings. The zero-order chi connectivity index (χ0) is 45.4. The van der Waals surface area contributed by atoms with E-state index >= 15 is 0 Å². The highest BCUT2D eigenvalue weighted by atomic mass is 16.5.